The van der Waals surface area contributed by atoms with Gasteiger partial charge in [-0.25, -0.2) is 4.79 Å². The van der Waals surface area contributed by atoms with Crippen LogP contribution in [0.25, 0.3) is 0 Å². The molecule has 2 saturated heterocycles. The number of fused-ring (bicyclic) bond motifs is 1. The molecule has 2 N–H and O–H groups in total. The van der Waals surface area contributed by atoms with Gasteiger partial charge in [-0.2, -0.15) is 5.26 Å². The Bertz CT molecular complexity index is 1370. The average molecular weight is 558 g/mol. The van der Waals surface area contributed by atoms with Gasteiger partial charge < -0.3 is 20.3 Å². The third kappa shape index (κ3) is 6.39. The number of aliphatic imine (C=N–C) groups is 1. The van der Waals surface area contributed by atoms with Crippen molar-refractivity contribution >= 4 is 34.9 Å². The Morgan fingerprint density at radius 2 is 1.80 bits per heavy atom. The third-order valence-electron chi connectivity index (χ3n) is 7.82. The molecule has 3 heterocycles. The number of carbonyl (C=O) groups excluding carboxylic acids is 3. The van der Waals surface area contributed by atoms with Gasteiger partial charge >= 0.3 is 6.03 Å². The number of hydrogen-bond donors (Lipinski definition) is 2. The lowest BCUT2D eigenvalue weighted by molar-refractivity contribution is -0.133. The SMILES string of the molecule is CC1CCC(C)N1C(=O)CN1C(=O)C(NC(=O)Nc2cccc(C#N)c2)N=C(CN2CCOCC2)c2ccccc21. The first-order chi connectivity index (χ1) is 19.8. The van der Waals surface area contributed by atoms with Crippen molar-refractivity contribution in [3.8, 4) is 6.07 Å². The number of nitrogens with one attached hydrogen (secondary N) is 2. The lowest BCUT2D eigenvalue weighted by Crippen LogP contribution is -2.52. The summed E-state index contributed by atoms with van der Waals surface area (Å²) in [6.07, 6.45) is 0.572. The van der Waals surface area contributed by atoms with E-state index in [9.17, 15) is 19.6 Å². The topological polar surface area (TPSA) is 130 Å². The van der Waals surface area contributed by atoms with Crippen molar-refractivity contribution in [2.45, 2.75) is 44.9 Å². The van der Waals surface area contributed by atoms with Gasteiger partial charge in [-0.05, 0) is 51.0 Å². The highest BCUT2D eigenvalue weighted by molar-refractivity contribution is 6.15. The highest BCUT2D eigenvalue weighted by Gasteiger charge is 2.37. The standard InChI is InChI=1S/C30H35N7O4/c1-20-10-11-21(2)37(20)27(38)19-36-26-9-4-3-8-24(26)25(18-35-12-14-41-15-13-35)33-28(29(36)39)34-30(40)32-23-7-5-6-22(16-23)17-31/h3-9,16,20-21,28H,10-15,18-19H2,1-2H3,(H2,32,34,40). The van der Waals surface area contributed by atoms with Gasteiger partial charge in [0, 0.05) is 43.0 Å². The summed E-state index contributed by atoms with van der Waals surface area (Å²) in [6, 6.07) is 15.5. The van der Waals surface area contributed by atoms with Crippen LogP contribution in [0.4, 0.5) is 16.2 Å². The summed E-state index contributed by atoms with van der Waals surface area (Å²) in [6.45, 7) is 7.00. The maximum atomic E-state index is 14.1. The Balaban J connectivity index is 1.46. The second-order valence-corrected chi connectivity index (χ2v) is 10.7. The van der Waals surface area contributed by atoms with Gasteiger partial charge in [-0.15, -0.1) is 0 Å². The number of benzodiazepines with no additional fused rings is 1. The number of nitriles is 1. The number of urea groups is 1. The van der Waals surface area contributed by atoms with Crippen molar-refractivity contribution in [1.29, 1.82) is 5.26 Å². The van der Waals surface area contributed by atoms with Gasteiger partial charge in [-0.3, -0.25) is 24.4 Å². The molecule has 0 bridgehead atoms. The number of amides is 4. The average Bonchev–Trinajstić information content (AvgIpc) is 3.28. The maximum absolute atomic E-state index is 14.1. The van der Waals surface area contributed by atoms with Gasteiger partial charge in [0.25, 0.3) is 5.91 Å². The summed E-state index contributed by atoms with van der Waals surface area (Å²) in [4.78, 5) is 51.0. The monoisotopic (exact) mass is 557 g/mol. The largest absolute Gasteiger partial charge is 0.379 e. The molecule has 2 fully saturated rings. The Morgan fingerprint density at radius 1 is 1.07 bits per heavy atom. The molecular weight excluding hydrogens is 522 g/mol. The Hall–Kier alpha value is -4.27. The van der Waals surface area contributed by atoms with Gasteiger partial charge in [0.2, 0.25) is 12.1 Å². The minimum Gasteiger partial charge on any atom is -0.379 e. The number of morpholine rings is 1. The minimum absolute atomic E-state index is 0.0897. The number of carbonyl (C=O) groups is 3. The Labute approximate surface area is 239 Å². The molecule has 0 spiro atoms. The molecule has 0 saturated carbocycles. The number of anilines is 2. The highest BCUT2D eigenvalue weighted by Crippen LogP contribution is 2.29. The number of benzene rings is 2. The van der Waals surface area contributed by atoms with E-state index in [2.05, 4.69) is 15.5 Å². The zero-order chi connectivity index (χ0) is 28.9. The molecule has 0 aromatic heterocycles. The van der Waals surface area contributed by atoms with Crippen LogP contribution in [-0.2, 0) is 14.3 Å². The van der Waals surface area contributed by atoms with E-state index in [4.69, 9.17) is 9.73 Å². The molecule has 0 aliphatic carbocycles. The highest BCUT2D eigenvalue weighted by atomic mass is 16.5. The fourth-order valence-corrected chi connectivity index (χ4v) is 5.72. The zero-order valence-electron chi connectivity index (χ0n) is 23.4. The molecular formula is C30H35N7O4. The van der Waals surface area contributed by atoms with E-state index in [0.29, 0.717) is 42.4 Å². The summed E-state index contributed by atoms with van der Waals surface area (Å²) in [7, 11) is 0. The summed E-state index contributed by atoms with van der Waals surface area (Å²) < 4.78 is 5.50. The van der Waals surface area contributed by atoms with Crippen LogP contribution in [0, 0.1) is 11.3 Å². The smallest absolute Gasteiger partial charge is 0.321 e. The summed E-state index contributed by atoms with van der Waals surface area (Å²) in [5, 5.41) is 14.6. The molecule has 2 aromatic carbocycles. The number of para-hydroxylation sites is 1. The van der Waals surface area contributed by atoms with Gasteiger partial charge in [-0.1, -0.05) is 24.3 Å². The van der Waals surface area contributed by atoms with Gasteiger partial charge in [0.1, 0.15) is 6.54 Å². The first-order valence-corrected chi connectivity index (χ1v) is 14.0. The van der Waals surface area contributed by atoms with E-state index in [1.807, 2.05) is 49.1 Å². The molecule has 3 unspecified atom stereocenters. The molecule has 0 radical (unpaired) electrons. The first-order valence-electron chi connectivity index (χ1n) is 14.0. The van der Waals surface area contributed by atoms with Gasteiger partial charge in [0.05, 0.1) is 36.2 Å². The summed E-state index contributed by atoms with van der Waals surface area (Å²) >= 11 is 0. The van der Waals surface area contributed by atoms with E-state index >= 15 is 0 Å². The fourth-order valence-electron chi connectivity index (χ4n) is 5.72. The van der Waals surface area contributed by atoms with Crippen LogP contribution in [0.15, 0.2) is 53.5 Å². The molecule has 5 rings (SSSR count). The fraction of sp³-hybridized carbons (Fsp3) is 0.433. The molecule has 3 aliphatic rings. The number of likely N-dealkylation sites (tertiary alicyclic amines) is 1. The molecule has 11 nitrogen and oxygen atoms in total. The predicted molar refractivity (Wildman–Crippen MR) is 155 cm³/mol. The quantitative estimate of drug-likeness (QED) is 0.562. The molecule has 4 amide bonds. The molecule has 214 valence electrons. The normalized spacial score (nSPS) is 22.8. The van der Waals surface area contributed by atoms with Crippen molar-refractivity contribution in [2.75, 3.05) is 49.6 Å². The Kier molecular flexibility index (Phi) is 8.61. The van der Waals surface area contributed by atoms with Crippen LogP contribution in [0.5, 0.6) is 0 Å². The van der Waals surface area contributed by atoms with Gasteiger partial charge in [0.15, 0.2) is 0 Å². The summed E-state index contributed by atoms with van der Waals surface area (Å²) in [5.41, 5.74) is 2.78. The van der Waals surface area contributed by atoms with E-state index in [1.165, 1.54) is 4.90 Å². The van der Waals surface area contributed by atoms with E-state index in [-0.39, 0.29) is 24.5 Å². The van der Waals surface area contributed by atoms with Crippen LogP contribution in [0.1, 0.15) is 37.8 Å². The maximum Gasteiger partial charge on any atom is 0.321 e. The van der Waals surface area contributed by atoms with Crippen LogP contribution >= 0.6 is 0 Å². The second-order valence-electron chi connectivity index (χ2n) is 10.7. The lowest BCUT2D eigenvalue weighted by atomic mass is 10.1. The third-order valence-corrected chi connectivity index (χ3v) is 7.82. The van der Waals surface area contributed by atoms with E-state index < -0.39 is 18.1 Å². The minimum atomic E-state index is -1.26. The number of ether oxygens (including phenoxy) is 1. The Morgan fingerprint density at radius 3 is 2.54 bits per heavy atom. The molecule has 41 heavy (non-hydrogen) atoms. The van der Waals surface area contributed by atoms with Crippen molar-refractivity contribution in [3.05, 3.63) is 59.7 Å². The van der Waals surface area contributed by atoms with Crippen LogP contribution in [0.3, 0.4) is 0 Å². The van der Waals surface area contributed by atoms with Crippen molar-refractivity contribution in [3.63, 3.8) is 0 Å². The predicted octanol–water partition coefficient (Wildman–Crippen LogP) is 2.57. The van der Waals surface area contributed by atoms with E-state index in [0.717, 1.165) is 31.5 Å². The van der Waals surface area contributed by atoms with E-state index in [1.54, 1.807) is 24.3 Å². The van der Waals surface area contributed by atoms with Crippen LogP contribution in [-0.4, -0.2) is 91.0 Å². The summed E-state index contributed by atoms with van der Waals surface area (Å²) in [5.74, 6) is -0.637. The second kappa shape index (κ2) is 12.5. The van der Waals surface area contributed by atoms with Crippen LogP contribution in [0.2, 0.25) is 0 Å². The molecule has 2 aromatic rings. The number of rotatable bonds is 6. The van der Waals surface area contributed by atoms with Crippen molar-refractivity contribution in [2.24, 2.45) is 4.99 Å². The molecule has 3 atom stereocenters. The molecule has 11 heteroatoms. The lowest BCUT2D eigenvalue weighted by Gasteiger charge is -2.31. The van der Waals surface area contributed by atoms with Crippen molar-refractivity contribution in [1.82, 2.24) is 15.1 Å². The van der Waals surface area contributed by atoms with Crippen molar-refractivity contribution < 1.29 is 19.1 Å². The number of nitrogens with zero attached hydrogens (tertiary/aromatic N) is 5. The molecule has 3 aliphatic heterocycles. The zero-order valence-corrected chi connectivity index (χ0v) is 23.4. The van der Waals surface area contributed by atoms with Crippen LogP contribution < -0.4 is 15.5 Å². The first kappa shape index (κ1) is 28.3. The number of hydrogen-bond acceptors (Lipinski definition) is 7.